The molecule has 0 aromatic heterocycles. The van der Waals surface area contributed by atoms with Crippen LogP contribution in [-0.4, -0.2) is 47.4 Å². The van der Waals surface area contributed by atoms with Gasteiger partial charge in [-0.3, -0.25) is 4.79 Å². The molecule has 0 saturated carbocycles. The Morgan fingerprint density at radius 2 is 2.00 bits per heavy atom. The highest BCUT2D eigenvalue weighted by molar-refractivity contribution is 5.96. The van der Waals surface area contributed by atoms with Gasteiger partial charge >= 0.3 is 6.03 Å². The second-order valence-electron chi connectivity index (χ2n) is 7.25. The number of carbonyl (C=O) groups is 2. The van der Waals surface area contributed by atoms with Crippen molar-refractivity contribution in [3.8, 4) is 0 Å². The highest BCUT2D eigenvalue weighted by Gasteiger charge is 2.25. The fraction of sp³-hybridized carbons (Fsp3) is 0.524. The molecule has 2 aliphatic heterocycles. The SMILES string of the molecule is CCCCC1C=CCN1C(=O)Nc1ccc(C(=O)N2CCCC2)cc1C. The number of benzene rings is 1. The summed E-state index contributed by atoms with van der Waals surface area (Å²) in [7, 11) is 0. The zero-order chi connectivity index (χ0) is 18.5. The Hall–Kier alpha value is -2.30. The Kier molecular flexibility index (Phi) is 5.96. The van der Waals surface area contributed by atoms with E-state index >= 15 is 0 Å². The third-order valence-electron chi connectivity index (χ3n) is 5.28. The van der Waals surface area contributed by atoms with Crippen molar-refractivity contribution < 1.29 is 9.59 Å². The molecule has 0 bridgehead atoms. The van der Waals surface area contributed by atoms with Gasteiger partial charge < -0.3 is 15.1 Å². The molecule has 5 heteroatoms. The van der Waals surface area contributed by atoms with Gasteiger partial charge in [0.2, 0.25) is 0 Å². The van der Waals surface area contributed by atoms with Crippen LogP contribution in [0.1, 0.15) is 54.9 Å². The van der Waals surface area contributed by atoms with Crippen molar-refractivity contribution in [2.75, 3.05) is 25.0 Å². The first-order chi connectivity index (χ1) is 12.6. The van der Waals surface area contributed by atoms with Gasteiger partial charge in [0.15, 0.2) is 0 Å². The second-order valence-corrected chi connectivity index (χ2v) is 7.25. The molecule has 5 nitrogen and oxygen atoms in total. The van der Waals surface area contributed by atoms with Crippen LogP contribution in [0.4, 0.5) is 10.5 Å². The summed E-state index contributed by atoms with van der Waals surface area (Å²) in [6.45, 7) is 6.45. The quantitative estimate of drug-likeness (QED) is 0.805. The first-order valence-electron chi connectivity index (χ1n) is 9.74. The van der Waals surface area contributed by atoms with E-state index in [1.807, 2.05) is 34.9 Å². The minimum absolute atomic E-state index is 0.0715. The largest absolute Gasteiger partial charge is 0.339 e. The van der Waals surface area contributed by atoms with Gasteiger partial charge in [0, 0.05) is 30.9 Å². The van der Waals surface area contributed by atoms with E-state index in [2.05, 4.69) is 24.4 Å². The predicted molar refractivity (Wildman–Crippen MR) is 104 cm³/mol. The molecule has 2 aliphatic rings. The van der Waals surface area contributed by atoms with Crippen LogP contribution in [0, 0.1) is 6.92 Å². The number of carbonyl (C=O) groups excluding carboxylic acids is 2. The zero-order valence-electron chi connectivity index (χ0n) is 15.8. The topological polar surface area (TPSA) is 52.7 Å². The molecule has 1 saturated heterocycles. The van der Waals surface area contributed by atoms with Gasteiger partial charge in [-0.15, -0.1) is 0 Å². The van der Waals surface area contributed by atoms with Crippen LogP contribution in [0.5, 0.6) is 0 Å². The van der Waals surface area contributed by atoms with E-state index < -0.39 is 0 Å². The van der Waals surface area contributed by atoms with Gasteiger partial charge in [0.05, 0.1) is 6.04 Å². The van der Waals surface area contributed by atoms with Gasteiger partial charge in [-0.1, -0.05) is 31.9 Å². The standard InChI is InChI=1S/C21H29N3O2/c1-3-4-8-18-9-7-14-24(18)21(26)22-19-11-10-17(15-16(19)2)20(25)23-12-5-6-13-23/h7,9-11,15,18H,3-6,8,12-14H2,1-2H3,(H,22,26). The fourth-order valence-electron chi connectivity index (χ4n) is 3.70. The molecule has 26 heavy (non-hydrogen) atoms. The molecule has 1 fully saturated rings. The molecule has 0 aliphatic carbocycles. The van der Waals surface area contributed by atoms with E-state index in [4.69, 9.17) is 0 Å². The fourth-order valence-corrected chi connectivity index (χ4v) is 3.70. The molecule has 1 aromatic rings. The number of nitrogens with zero attached hydrogens (tertiary/aromatic N) is 2. The number of hydrogen-bond donors (Lipinski definition) is 1. The summed E-state index contributed by atoms with van der Waals surface area (Å²) in [5.74, 6) is 0.0897. The van der Waals surface area contributed by atoms with Crippen molar-refractivity contribution in [1.29, 1.82) is 0 Å². The second kappa shape index (κ2) is 8.39. The predicted octanol–water partition coefficient (Wildman–Crippen LogP) is 4.19. The number of amides is 3. The Morgan fingerprint density at radius 1 is 1.23 bits per heavy atom. The molecule has 0 radical (unpaired) electrons. The van der Waals surface area contributed by atoms with Crippen LogP contribution >= 0.6 is 0 Å². The maximum absolute atomic E-state index is 12.7. The lowest BCUT2D eigenvalue weighted by atomic mass is 10.1. The summed E-state index contributed by atoms with van der Waals surface area (Å²) in [6, 6.07) is 5.66. The van der Waals surface area contributed by atoms with Gasteiger partial charge in [0.25, 0.3) is 5.91 Å². The highest BCUT2D eigenvalue weighted by Crippen LogP contribution is 2.22. The van der Waals surface area contributed by atoms with Crippen molar-refractivity contribution in [2.45, 2.75) is 52.0 Å². The first-order valence-corrected chi connectivity index (χ1v) is 9.74. The molecule has 1 unspecified atom stereocenters. The molecule has 140 valence electrons. The number of unbranched alkanes of at least 4 members (excludes halogenated alkanes) is 1. The van der Waals surface area contributed by atoms with Crippen molar-refractivity contribution in [3.05, 3.63) is 41.5 Å². The van der Waals surface area contributed by atoms with E-state index in [1.54, 1.807) is 0 Å². The van der Waals surface area contributed by atoms with Gasteiger partial charge in [-0.2, -0.15) is 0 Å². The molecular weight excluding hydrogens is 326 g/mol. The maximum Gasteiger partial charge on any atom is 0.322 e. The number of aryl methyl sites for hydroxylation is 1. The number of nitrogens with one attached hydrogen (secondary N) is 1. The zero-order valence-corrected chi connectivity index (χ0v) is 15.8. The number of urea groups is 1. The van der Waals surface area contributed by atoms with Gasteiger partial charge in [-0.05, 0) is 49.9 Å². The average molecular weight is 355 g/mol. The van der Waals surface area contributed by atoms with Crippen LogP contribution in [0.15, 0.2) is 30.4 Å². The van der Waals surface area contributed by atoms with E-state index in [1.165, 1.54) is 0 Å². The van der Waals surface area contributed by atoms with E-state index in [0.29, 0.717) is 12.1 Å². The van der Waals surface area contributed by atoms with Gasteiger partial charge in [0.1, 0.15) is 0 Å². The lowest BCUT2D eigenvalue weighted by Gasteiger charge is -2.25. The Balaban J connectivity index is 1.64. The monoisotopic (exact) mass is 355 g/mol. The van der Waals surface area contributed by atoms with Crippen LogP contribution in [0.2, 0.25) is 0 Å². The van der Waals surface area contributed by atoms with Crippen LogP contribution in [-0.2, 0) is 0 Å². The van der Waals surface area contributed by atoms with Crippen molar-refractivity contribution >= 4 is 17.6 Å². The minimum Gasteiger partial charge on any atom is -0.339 e. The summed E-state index contributed by atoms with van der Waals surface area (Å²) in [6.07, 6.45) is 9.60. The third kappa shape index (κ3) is 4.09. The Bertz CT molecular complexity index is 692. The molecule has 2 heterocycles. The van der Waals surface area contributed by atoms with Crippen molar-refractivity contribution in [3.63, 3.8) is 0 Å². The van der Waals surface area contributed by atoms with Crippen LogP contribution in [0.3, 0.4) is 0 Å². The van der Waals surface area contributed by atoms with Crippen molar-refractivity contribution in [1.82, 2.24) is 9.80 Å². The van der Waals surface area contributed by atoms with Crippen LogP contribution < -0.4 is 5.32 Å². The number of likely N-dealkylation sites (tertiary alicyclic amines) is 1. The maximum atomic E-state index is 12.7. The number of anilines is 1. The van der Waals surface area contributed by atoms with Crippen LogP contribution in [0.25, 0.3) is 0 Å². The highest BCUT2D eigenvalue weighted by atomic mass is 16.2. The molecule has 3 rings (SSSR count). The Labute approximate surface area is 156 Å². The minimum atomic E-state index is -0.0715. The molecule has 3 amide bonds. The summed E-state index contributed by atoms with van der Waals surface area (Å²) in [5.41, 5.74) is 2.39. The number of hydrogen-bond acceptors (Lipinski definition) is 2. The molecule has 1 atom stereocenters. The van der Waals surface area contributed by atoms with E-state index in [-0.39, 0.29) is 18.0 Å². The van der Waals surface area contributed by atoms with Crippen molar-refractivity contribution in [2.24, 2.45) is 0 Å². The third-order valence-corrected chi connectivity index (χ3v) is 5.28. The number of rotatable bonds is 5. The van der Waals surface area contributed by atoms with Gasteiger partial charge in [-0.25, -0.2) is 4.79 Å². The van der Waals surface area contributed by atoms with E-state index in [9.17, 15) is 9.59 Å². The lowest BCUT2D eigenvalue weighted by molar-refractivity contribution is 0.0792. The normalized spacial score (nSPS) is 19.2. The summed E-state index contributed by atoms with van der Waals surface area (Å²) < 4.78 is 0. The first kappa shape index (κ1) is 18.5. The average Bonchev–Trinajstić information content (AvgIpc) is 3.32. The summed E-state index contributed by atoms with van der Waals surface area (Å²) in [5, 5.41) is 3.02. The van der Waals surface area contributed by atoms with E-state index in [0.717, 1.165) is 56.4 Å². The molecular formula is C21H29N3O2. The molecule has 0 spiro atoms. The smallest absolute Gasteiger partial charge is 0.322 e. The Morgan fingerprint density at radius 3 is 2.69 bits per heavy atom. The summed E-state index contributed by atoms with van der Waals surface area (Å²) in [4.78, 5) is 29.0. The molecule has 1 N–H and O–H groups in total. The summed E-state index contributed by atoms with van der Waals surface area (Å²) >= 11 is 0. The molecule has 1 aromatic carbocycles. The lowest BCUT2D eigenvalue weighted by Crippen LogP contribution is -2.39.